The zero-order valence-corrected chi connectivity index (χ0v) is 13.4. The van der Waals surface area contributed by atoms with Gasteiger partial charge >= 0.3 is 0 Å². The maximum atomic E-state index is 12.6. The van der Waals surface area contributed by atoms with Gasteiger partial charge in [-0.2, -0.15) is 0 Å². The molecule has 1 fully saturated rings. The second-order valence-corrected chi connectivity index (χ2v) is 6.33. The Kier molecular flexibility index (Phi) is 5.57. The summed E-state index contributed by atoms with van der Waals surface area (Å²) in [4.78, 5) is 18.0. The zero-order valence-electron chi connectivity index (χ0n) is 12.6. The summed E-state index contributed by atoms with van der Waals surface area (Å²) in [7, 11) is 2.09. The van der Waals surface area contributed by atoms with Crippen LogP contribution in [0.1, 0.15) is 37.7 Å². The minimum absolute atomic E-state index is 0.0148. The number of hydrogen-bond acceptors (Lipinski definition) is 4. The third kappa shape index (κ3) is 3.40. The summed E-state index contributed by atoms with van der Waals surface area (Å²) in [6.07, 6.45) is 2.01. The molecule has 2 unspecified atom stereocenters. The van der Waals surface area contributed by atoms with Crippen LogP contribution >= 0.6 is 11.3 Å². The monoisotopic (exact) mass is 295 g/mol. The van der Waals surface area contributed by atoms with E-state index >= 15 is 0 Å². The number of carbonyl (C=O) groups excluding carboxylic acids is 1. The Hall–Kier alpha value is -0.910. The van der Waals surface area contributed by atoms with Gasteiger partial charge < -0.3 is 9.80 Å². The first-order chi connectivity index (χ1) is 9.67. The van der Waals surface area contributed by atoms with Gasteiger partial charge in [-0.1, -0.05) is 26.3 Å². The van der Waals surface area contributed by atoms with Crippen molar-refractivity contribution in [3.8, 4) is 0 Å². The van der Waals surface area contributed by atoms with Crippen LogP contribution in [-0.2, 0) is 4.79 Å². The van der Waals surface area contributed by atoms with E-state index in [0.29, 0.717) is 0 Å². The highest BCUT2D eigenvalue weighted by atomic mass is 32.1. The van der Waals surface area contributed by atoms with Gasteiger partial charge in [0.25, 0.3) is 0 Å². The number of carbonyl (C=O) groups is 1. The highest BCUT2D eigenvalue weighted by Crippen LogP contribution is 2.29. The topological polar surface area (TPSA) is 35.6 Å². The molecule has 5 heteroatoms. The summed E-state index contributed by atoms with van der Waals surface area (Å²) >= 11 is 1.72. The van der Waals surface area contributed by atoms with Gasteiger partial charge in [-0.25, -0.2) is 0 Å². The van der Waals surface area contributed by atoms with Crippen molar-refractivity contribution in [2.45, 2.75) is 38.9 Å². The molecule has 2 heterocycles. The summed E-state index contributed by atoms with van der Waals surface area (Å²) < 4.78 is 0. The fraction of sp³-hybridized carbons (Fsp3) is 0.667. The van der Waals surface area contributed by atoms with Crippen LogP contribution in [0.2, 0.25) is 0 Å². The molecule has 0 aliphatic carbocycles. The maximum Gasteiger partial charge on any atom is 0.241 e. The molecular weight excluding hydrogens is 270 g/mol. The summed E-state index contributed by atoms with van der Waals surface area (Å²) in [5.41, 5.74) is 0. The minimum atomic E-state index is -0.0148. The lowest BCUT2D eigenvalue weighted by Crippen LogP contribution is -2.37. The number of amides is 1. The summed E-state index contributed by atoms with van der Waals surface area (Å²) in [5, 5.41) is 5.58. The standard InChI is InChI=1S/C15H25N3OS/c1-4-7-12-15(19)18(10-9-17(3)5-2)14(16-12)13-8-6-11-20-13/h6,8,11-12,14,16H,4-5,7,9-10H2,1-3H3. The molecular formula is C15H25N3OS. The van der Waals surface area contributed by atoms with Crippen LogP contribution in [0.3, 0.4) is 0 Å². The van der Waals surface area contributed by atoms with Crippen molar-refractivity contribution < 1.29 is 4.79 Å². The maximum absolute atomic E-state index is 12.6. The van der Waals surface area contributed by atoms with E-state index in [0.717, 1.165) is 32.5 Å². The number of nitrogens with one attached hydrogen (secondary N) is 1. The van der Waals surface area contributed by atoms with Crippen molar-refractivity contribution in [1.82, 2.24) is 15.1 Å². The molecule has 1 amide bonds. The molecule has 4 nitrogen and oxygen atoms in total. The van der Waals surface area contributed by atoms with Crippen molar-refractivity contribution in [3.05, 3.63) is 22.4 Å². The fourth-order valence-electron chi connectivity index (χ4n) is 2.53. The number of thiophene rings is 1. The van der Waals surface area contributed by atoms with Crippen molar-refractivity contribution in [3.63, 3.8) is 0 Å². The molecule has 1 N–H and O–H groups in total. The van der Waals surface area contributed by atoms with Crippen LogP contribution < -0.4 is 5.32 Å². The van der Waals surface area contributed by atoms with Crippen LogP contribution in [0.25, 0.3) is 0 Å². The molecule has 112 valence electrons. The van der Waals surface area contributed by atoms with Gasteiger partial charge in [0.2, 0.25) is 5.91 Å². The predicted molar refractivity (Wildman–Crippen MR) is 83.8 cm³/mol. The summed E-state index contributed by atoms with van der Waals surface area (Å²) in [5.74, 6) is 0.259. The van der Waals surface area contributed by atoms with Crippen LogP contribution in [0, 0.1) is 0 Å². The molecule has 1 aliphatic rings. The molecule has 0 radical (unpaired) electrons. The third-order valence-electron chi connectivity index (χ3n) is 3.90. The fourth-order valence-corrected chi connectivity index (χ4v) is 3.33. The van der Waals surface area contributed by atoms with Crippen molar-refractivity contribution in [2.75, 3.05) is 26.7 Å². The van der Waals surface area contributed by atoms with E-state index in [4.69, 9.17) is 0 Å². The van der Waals surface area contributed by atoms with Gasteiger partial charge in [-0.15, -0.1) is 11.3 Å². The first-order valence-electron chi connectivity index (χ1n) is 7.45. The Morgan fingerprint density at radius 1 is 1.45 bits per heavy atom. The Balaban J connectivity index is 2.08. The van der Waals surface area contributed by atoms with Crippen molar-refractivity contribution in [2.24, 2.45) is 0 Å². The molecule has 1 aliphatic heterocycles. The Bertz CT molecular complexity index is 421. The average Bonchev–Trinajstić information content (AvgIpc) is 3.06. The van der Waals surface area contributed by atoms with E-state index in [2.05, 4.69) is 48.6 Å². The van der Waals surface area contributed by atoms with Gasteiger partial charge in [-0.05, 0) is 31.5 Å². The van der Waals surface area contributed by atoms with Gasteiger partial charge in [0.1, 0.15) is 6.17 Å². The van der Waals surface area contributed by atoms with Crippen molar-refractivity contribution in [1.29, 1.82) is 0 Å². The van der Waals surface area contributed by atoms with Gasteiger partial charge in [0, 0.05) is 18.0 Å². The quantitative estimate of drug-likeness (QED) is 0.838. The SMILES string of the molecule is CCCC1NC(c2cccs2)N(CCN(C)CC)C1=O. The van der Waals surface area contributed by atoms with E-state index in [1.807, 2.05) is 4.90 Å². The minimum Gasteiger partial charge on any atom is -0.319 e. The molecule has 1 saturated heterocycles. The highest BCUT2D eigenvalue weighted by Gasteiger charge is 2.39. The highest BCUT2D eigenvalue weighted by molar-refractivity contribution is 7.10. The van der Waals surface area contributed by atoms with Crippen LogP contribution in [0.4, 0.5) is 0 Å². The van der Waals surface area contributed by atoms with Gasteiger partial charge in [-0.3, -0.25) is 10.1 Å². The molecule has 0 bridgehead atoms. The van der Waals surface area contributed by atoms with E-state index in [9.17, 15) is 4.79 Å². The third-order valence-corrected chi connectivity index (χ3v) is 4.83. The second kappa shape index (κ2) is 7.20. The molecule has 2 atom stereocenters. The summed E-state index contributed by atoms with van der Waals surface area (Å²) in [6, 6.07) is 4.15. The van der Waals surface area contributed by atoms with Crippen LogP contribution in [0.15, 0.2) is 17.5 Å². The Morgan fingerprint density at radius 2 is 2.25 bits per heavy atom. The van der Waals surface area contributed by atoms with Gasteiger partial charge in [0.05, 0.1) is 6.04 Å². The van der Waals surface area contributed by atoms with Crippen molar-refractivity contribution >= 4 is 17.2 Å². The number of rotatable bonds is 7. The molecule has 0 spiro atoms. The Labute approximate surface area is 125 Å². The van der Waals surface area contributed by atoms with E-state index < -0.39 is 0 Å². The van der Waals surface area contributed by atoms with Crippen LogP contribution in [-0.4, -0.2) is 48.4 Å². The van der Waals surface area contributed by atoms with E-state index in [1.165, 1.54) is 4.88 Å². The van der Waals surface area contributed by atoms with E-state index in [-0.39, 0.29) is 18.1 Å². The zero-order chi connectivity index (χ0) is 14.5. The largest absolute Gasteiger partial charge is 0.319 e. The van der Waals surface area contributed by atoms with E-state index in [1.54, 1.807) is 11.3 Å². The number of nitrogens with zero attached hydrogens (tertiary/aromatic N) is 2. The first kappa shape index (κ1) is 15.5. The molecule has 1 aromatic rings. The normalized spacial score (nSPS) is 23.0. The molecule has 20 heavy (non-hydrogen) atoms. The molecule has 0 aromatic carbocycles. The molecule has 2 rings (SSSR count). The second-order valence-electron chi connectivity index (χ2n) is 5.35. The average molecular weight is 295 g/mol. The molecule has 1 aromatic heterocycles. The molecule has 0 saturated carbocycles. The number of hydrogen-bond donors (Lipinski definition) is 1. The lowest BCUT2D eigenvalue weighted by Gasteiger charge is -2.25. The smallest absolute Gasteiger partial charge is 0.241 e. The lowest BCUT2D eigenvalue weighted by atomic mass is 10.2. The predicted octanol–water partition coefficient (Wildman–Crippen LogP) is 2.30. The Morgan fingerprint density at radius 3 is 2.85 bits per heavy atom. The van der Waals surface area contributed by atoms with Gasteiger partial charge in [0.15, 0.2) is 0 Å². The summed E-state index contributed by atoms with van der Waals surface area (Å²) in [6.45, 7) is 6.99. The number of likely N-dealkylation sites (N-methyl/N-ethyl adjacent to an activating group) is 1. The van der Waals surface area contributed by atoms with Crippen LogP contribution in [0.5, 0.6) is 0 Å². The lowest BCUT2D eigenvalue weighted by molar-refractivity contribution is -0.130. The first-order valence-corrected chi connectivity index (χ1v) is 8.33.